The van der Waals surface area contributed by atoms with E-state index >= 15 is 0 Å². The van der Waals surface area contributed by atoms with E-state index in [0.29, 0.717) is 5.92 Å². The first kappa shape index (κ1) is 15.0. The number of carbonyl (C=O) groups excluding carboxylic acids is 1. The lowest BCUT2D eigenvalue weighted by Gasteiger charge is -2.23. The summed E-state index contributed by atoms with van der Waals surface area (Å²) in [6.07, 6.45) is 2.09. The van der Waals surface area contributed by atoms with Gasteiger partial charge in [0.15, 0.2) is 0 Å². The third kappa shape index (κ3) is 2.73. The van der Waals surface area contributed by atoms with Crippen LogP contribution in [0.15, 0.2) is 24.3 Å². The second kappa shape index (κ2) is 6.40. The lowest BCUT2D eigenvalue weighted by atomic mass is 9.99. The summed E-state index contributed by atoms with van der Waals surface area (Å²) in [6.45, 7) is 9.24. The van der Waals surface area contributed by atoms with Gasteiger partial charge < -0.3 is 4.90 Å². The molecule has 0 bridgehead atoms. The van der Waals surface area contributed by atoms with Gasteiger partial charge in [0.25, 0.3) is 0 Å². The minimum atomic E-state index is -0.0456. The van der Waals surface area contributed by atoms with Crippen molar-refractivity contribution in [2.24, 2.45) is 5.92 Å². The van der Waals surface area contributed by atoms with E-state index in [0.717, 1.165) is 19.4 Å². The molecule has 20 heavy (non-hydrogen) atoms. The number of hydrogen-bond donors (Lipinski definition) is 1. The first-order valence-electron chi connectivity index (χ1n) is 7.77. The van der Waals surface area contributed by atoms with Crippen molar-refractivity contribution in [3.8, 4) is 0 Å². The summed E-state index contributed by atoms with van der Waals surface area (Å²) in [5, 5.41) is 3.52. The number of amides is 1. The molecule has 1 aromatic rings. The van der Waals surface area contributed by atoms with Gasteiger partial charge in [0.2, 0.25) is 5.91 Å². The van der Waals surface area contributed by atoms with Crippen LogP contribution >= 0.6 is 0 Å². The first-order valence-corrected chi connectivity index (χ1v) is 7.77. The Morgan fingerprint density at radius 1 is 1.20 bits per heavy atom. The van der Waals surface area contributed by atoms with E-state index in [1.165, 1.54) is 11.1 Å². The molecule has 0 aromatic heterocycles. The SMILES string of the molecule is CCc1ccc(C2NC(C(C)CC)C(=O)N2CC)cc1. The number of benzene rings is 1. The number of rotatable bonds is 5. The molecule has 0 spiro atoms. The fourth-order valence-electron chi connectivity index (χ4n) is 2.83. The highest BCUT2D eigenvalue weighted by Crippen LogP contribution is 2.28. The topological polar surface area (TPSA) is 32.3 Å². The van der Waals surface area contributed by atoms with E-state index in [1.54, 1.807) is 0 Å². The van der Waals surface area contributed by atoms with Crippen LogP contribution in [0.3, 0.4) is 0 Å². The largest absolute Gasteiger partial charge is 0.322 e. The lowest BCUT2D eigenvalue weighted by molar-refractivity contribution is -0.130. The average molecular weight is 274 g/mol. The summed E-state index contributed by atoms with van der Waals surface area (Å²) in [4.78, 5) is 14.5. The molecule has 0 saturated carbocycles. The Kier molecular flexibility index (Phi) is 4.81. The number of nitrogens with zero attached hydrogens (tertiary/aromatic N) is 1. The lowest BCUT2D eigenvalue weighted by Crippen LogP contribution is -2.35. The van der Waals surface area contributed by atoms with Crippen LogP contribution in [0.5, 0.6) is 0 Å². The Bertz CT molecular complexity index is 455. The maximum atomic E-state index is 12.5. The van der Waals surface area contributed by atoms with E-state index < -0.39 is 0 Å². The Labute approximate surface area is 122 Å². The predicted octanol–water partition coefficient (Wildman–Crippen LogP) is 3.11. The molecule has 0 aliphatic carbocycles. The van der Waals surface area contributed by atoms with Gasteiger partial charge in [0.1, 0.15) is 6.17 Å². The highest BCUT2D eigenvalue weighted by Gasteiger charge is 2.40. The average Bonchev–Trinajstić information content (AvgIpc) is 2.83. The molecular formula is C17H26N2O. The van der Waals surface area contributed by atoms with Crippen LogP contribution in [0.1, 0.15) is 51.4 Å². The normalized spacial score (nSPS) is 24.2. The first-order chi connectivity index (χ1) is 9.62. The van der Waals surface area contributed by atoms with Crippen molar-refractivity contribution in [2.75, 3.05) is 6.54 Å². The third-order valence-electron chi connectivity index (χ3n) is 4.46. The fraction of sp³-hybridized carbons (Fsp3) is 0.588. The number of likely N-dealkylation sites (N-methyl/N-ethyl adjacent to an activating group) is 1. The summed E-state index contributed by atoms with van der Waals surface area (Å²) in [5.74, 6) is 0.614. The van der Waals surface area contributed by atoms with Crippen molar-refractivity contribution in [1.82, 2.24) is 10.2 Å². The summed E-state index contributed by atoms with van der Waals surface area (Å²) in [7, 11) is 0. The van der Waals surface area contributed by atoms with Crippen LogP contribution in [0.2, 0.25) is 0 Å². The third-order valence-corrected chi connectivity index (χ3v) is 4.46. The van der Waals surface area contributed by atoms with Crippen molar-refractivity contribution < 1.29 is 4.79 Å². The quantitative estimate of drug-likeness (QED) is 0.894. The maximum absolute atomic E-state index is 12.5. The van der Waals surface area contributed by atoms with Crippen molar-refractivity contribution in [3.63, 3.8) is 0 Å². The molecule has 0 radical (unpaired) electrons. The number of hydrogen-bond acceptors (Lipinski definition) is 2. The van der Waals surface area contributed by atoms with Gasteiger partial charge in [-0.05, 0) is 30.4 Å². The van der Waals surface area contributed by atoms with Crippen molar-refractivity contribution in [1.29, 1.82) is 0 Å². The molecule has 1 aromatic carbocycles. The minimum Gasteiger partial charge on any atom is -0.322 e. The molecule has 3 unspecified atom stereocenters. The molecule has 3 nitrogen and oxygen atoms in total. The molecule has 1 aliphatic rings. The maximum Gasteiger partial charge on any atom is 0.241 e. The van der Waals surface area contributed by atoms with Gasteiger partial charge in [-0.3, -0.25) is 10.1 Å². The monoisotopic (exact) mass is 274 g/mol. The van der Waals surface area contributed by atoms with Crippen molar-refractivity contribution in [2.45, 2.75) is 52.7 Å². The van der Waals surface area contributed by atoms with E-state index in [9.17, 15) is 4.79 Å². The molecule has 1 saturated heterocycles. The van der Waals surface area contributed by atoms with Gasteiger partial charge in [-0.25, -0.2) is 0 Å². The Balaban J connectivity index is 2.23. The number of aryl methyl sites for hydroxylation is 1. The Morgan fingerprint density at radius 2 is 1.85 bits per heavy atom. The second-order valence-corrected chi connectivity index (χ2v) is 5.65. The van der Waals surface area contributed by atoms with Crippen molar-refractivity contribution in [3.05, 3.63) is 35.4 Å². The van der Waals surface area contributed by atoms with Gasteiger partial charge in [-0.1, -0.05) is 51.5 Å². The van der Waals surface area contributed by atoms with Crippen LogP contribution in [-0.2, 0) is 11.2 Å². The Hall–Kier alpha value is -1.35. The predicted molar refractivity (Wildman–Crippen MR) is 82.3 cm³/mol. The molecule has 1 heterocycles. The fourth-order valence-corrected chi connectivity index (χ4v) is 2.83. The standard InChI is InChI=1S/C17H26N2O/c1-5-12(4)15-17(20)19(7-3)16(18-15)14-10-8-13(6-2)9-11-14/h8-12,15-16,18H,5-7H2,1-4H3. The minimum absolute atomic E-state index is 0.0254. The molecule has 110 valence electrons. The van der Waals surface area contributed by atoms with Crippen LogP contribution in [-0.4, -0.2) is 23.4 Å². The highest BCUT2D eigenvalue weighted by molar-refractivity contribution is 5.84. The van der Waals surface area contributed by atoms with Crippen LogP contribution in [0.25, 0.3) is 0 Å². The van der Waals surface area contributed by atoms with Gasteiger partial charge in [-0.15, -0.1) is 0 Å². The van der Waals surface area contributed by atoms with Gasteiger partial charge in [-0.2, -0.15) is 0 Å². The van der Waals surface area contributed by atoms with Crippen LogP contribution in [0.4, 0.5) is 0 Å². The zero-order valence-electron chi connectivity index (χ0n) is 13.0. The van der Waals surface area contributed by atoms with Gasteiger partial charge in [0, 0.05) is 6.54 Å². The highest BCUT2D eigenvalue weighted by atomic mass is 16.2. The van der Waals surface area contributed by atoms with Crippen LogP contribution < -0.4 is 5.32 Å². The molecule has 1 amide bonds. The number of carbonyl (C=O) groups is 1. The molecule has 3 atom stereocenters. The van der Waals surface area contributed by atoms with Gasteiger partial charge >= 0.3 is 0 Å². The molecular weight excluding hydrogens is 248 g/mol. The van der Waals surface area contributed by atoms with E-state index in [-0.39, 0.29) is 18.1 Å². The Morgan fingerprint density at radius 3 is 2.35 bits per heavy atom. The van der Waals surface area contributed by atoms with Crippen molar-refractivity contribution >= 4 is 5.91 Å². The van der Waals surface area contributed by atoms with Gasteiger partial charge in [0.05, 0.1) is 6.04 Å². The van der Waals surface area contributed by atoms with E-state index in [2.05, 4.69) is 50.4 Å². The molecule has 1 fully saturated rings. The summed E-state index contributed by atoms with van der Waals surface area (Å²) < 4.78 is 0. The smallest absolute Gasteiger partial charge is 0.241 e. The summed E-state index contributed by atoms with van der Waals surface area (Å²) in [5.41, 5.74) is 2.52. The van der Waals surface area contributed by atoms with Crippen LogP contribution in [0, 0.1) is 5.92 Å². The number of nitrogens with one attached hydrogen (secondary N) is 1. The molecule has 3 heteroatoms. The van der Waals surface area contributed by atoms with E-state index in [1.807, 2.05) is 11.8 Å². The molecule has 2 rings (SSSR count). The van der Waals surface area contributed by atoms with E-state index in [4.69, 9.17) is 0 Å². The second-order valence-electron chi connectivity index (χ2n) is 5.65. The molecule has 1 N–H and O–H groups in total. The zero-order valence-corrected chi connectivity index (χ0v) is 13.0. The zero-order chi connectivity index (χ0) is 14.7. The summed E-state index contributed by atoms with van der Waals surface area (Å²) in [6, 6.07) is 8.56. The molecule has 1 aliphatic heterocycles. The summed E-state index contributed by atoms with van der Waals surface area (Å²) >= 11 is 0.